The van der Waals surface area contributed by atoms with Gasteiger partial charge < -0.3 is 24.8 Å². The van der Waals surface area contributed by atoms with Gasteiger partial charge in [0.1, 0.15) is 11.8 Å². The Morgan fingerprint density at radius 3 is 2.48 bits per heavy atom. The number of methoxy groups -OCH3 is 1. The molecule has 8 heteroatoms. The molecule has 0 bridgehead atoms. The zero-order chi connectivity index (χ0) is 24.0. The van der Waals surface area contributed by atoms with E-state index in [-0.39, 0.29) is 30.9 Å². The van der Waals surface area contributed by atoms with E-state index in [0.717, 1.165) is 6.42 Å². The highest BCUT2D eigenvalue weighted by atomic mass is 16.5. The van der Waals surface area contributed by atoms with Crippen molar-refractivity contribution in [2.45, 2.75) is 39.2 Å². The highest BCUT2D eigenvalue weighted by Crippen LogP contribution is 2.44. The number of nitrogens with one attached hydrogen (secondary N) is 1. The number of likely N-dealkylation sites (tertiary alicyclic amines) is 1. The Bertz CT molecular complexity index is 868. The van der Waals surface area contributed by atoms with Crippen LogP contribution in [0.15, 0.2) is 36.4 Å². The molecule has 2 N–H and O–H groups in total. The van der Waals surface area contributed by atoms with Gasteiger partial charge >= 0.3 is 5.97 Å². The van der Waals surface area contributed by atoms with Crippen LogP contribution in [0, 0.1) is 23.7 Å². The predicted molar refractivity (Wildman–Crippen MR) is 123 cm³/mol. The molecule has 0 saturated carbocycles. The summed E-state index contributed by atoms with van der Waals surface area (Å²) in [6, 6.07) is 6.28. The lowest BCUT2D eigenvalue weighted by molar-refractivity contribution is -0.155. The number of hydrogen-bond donors (Lipinski definition) is 2. The maximum Gasteiger partial charge on any atom is 0.310 e. The first kappa shape index (κ1) is 24.8. The molecule has 2 aliphatic rings. The van der Waals surface area contributed by atoms with Crippen molar-refractivity contribution in [1.82, 2.24) is 4.90 Å². The van der Waals surface area contributed by atoms with Gasteiger partial charge in [0.25, 0.3) is 0 Å². The van der Waals surface area contributed by atoms with Gasteiger partial charge in [-0.25, -0.2) is 0 Å². The summed E-state index contributed by atoms with van der Waals surface area (Å²) in [6.07, 6.45) is 5.88. The van der Waals surface area contributed by atoms with E-state index >= 15 is 0 Å². The van der Waals surface area contributed by atoms with Gasteiger partial charge in [0, 0.05) is 24.8 Å². The first-order chi connectivity index (χ1) is 15.9. The molecule has 1 aromatic rings. The van der Waals surface area contributed by atoms with E-state index in [0.29, 0.717) is 30.8 Å². The molecule has 1 aliphatic carbocycles. The number of ether oxygens (including phenoxy) is 2. The molecule has 1 saturated heterocycles. The fraction of sp³-hybridized carbons (Fsp3) is 0.560. The van der Waals surface area contributed by atoms with Crippen LogP contribution >= 0.6 is 0 Å². The van der Waals surface area contributed by atoms with Crippen LogP contribution in [0.4, 0.5) is 5.69 Å². The molecule has 0 spiro atoms. The Kier molecular flexibility index (Phi) is 8.49. The quantitative estimate of drug-likeness (QED) is 0.317. The molecule has 2 amide bonds. The standard InChI is InChI=1S/C25H34N2O6/c1-4-33-25(31)20-16(2)8-13-19-21(20)24(30)27(14-6-5-7-15-28)22(19)23(29)26-17-9-11-18(32-3)12-10-17/h8-13,16,19-22,28H,4-7,14-15H2,1-3H3,(H,26,29)/t16-,19+,20-,21+,22+/m1/s1. The molecule has 5 atom stereocenters. The Morgan fingerprint density at radius 1 is 1.12 bits per heavy atom. The molecule has 1 aliphatic heterocycles. The van der Waals surface area contributed by atoms with E-state index in [1.165, 1.54) is 0 Å². The summed E-state index contributed by atoms with van der Waals surface area (Å²) in [5.41, 5.74) is 0.604. The van der Waals surface area contributed by atoms with Crippen LogP contribution in [-0.4, -0.2) is 60.7 Å². The second-order valence-electron chi connectivity index (χ2n) is 8.60. The number of unbranched alkanes of at least 4 members (excludes halogenated alkanes) is 2. The molecule has 1 aromatic carbocycles. The monoisotopic (exact) mass is 458 g/mol. The van der Waals surface area contributed by atoms with Crippen LogP contribution in [0.1, 0.15) is 33.1 Å². The highest BCUT2D eigenvalue weighted by molar-refractivity contribution is 6.01. The number of rotatable bonds is 10. The molecule has 1 fully saturated rings. The fourth-order valence-corrected chi connectivity index (χ4v) is 4.89. The SMILES string of the molecule is CCOC(=O)[C@H]1[C@H]2C(=O)N(CCCCCO)[C@H](C(=O)Nc3ccc(OC)cc3)[C@H]2C=C[C@H]1C. The number of esters is 1. The number of carbonyl (C=O) groups is 3. The van der Waals surface area contributed by atoms with Gasteiger partial charge in [-0.2, -0.15) is 0 Å². The van der Waals surface area contributed by atoms with Crippen molar-refractivity contribution < 1.29 is 29.0 Å². The van der Waals surface area contributed by atoms with Crippen LogP contribution in [0.5, 0.6) is 5.75 Å². The molecule has 0 aromatic heterocycles. The maximum atomic E-state index is 13.6. The van der Waals surface area contributed by atoms with Gasteiger partial charge in [0.05, 0.1) is 25.6 Å². The van der Waals surface area contributed by atoms with Crippen molar-refractivity contribution in [3.05, 3.63) is 36.4 Å². The number of carbonyl (C=O) groups excluding carboxylic acids is 3. The smallest absolute Gasteiger partial charge is 0.310 e. The third-order valence-corrected chi connectivity index (χ3v) is 6.52. The van der Waals surface area contributed by atoms with Gasteiger partial charge in [-0.3, -0.25) is 14.4 Å². The topological polar surface area (TPSA) is 105 Å². The van der Waals surface area contributed by atoms with Crippen molar-refractivity contribution in [1.29, 1.82) is 0 Å². The zero-order valence-electron chi connectivity index (χ0n) is 19.5. The normalized spacial score (nSPS) is 26.1. The molecule has 1 heterocycles. The van der Waals surface area contributed by atoms with Crippen molar-refractivity contribution in [3.8, 4) is 5.75 Å². The van der Waals surface area contributed by atoms with E-state index in [4.69, 9.17) is 14.6 Å². The minimum atomic E-state index is -0.723. The highest BCUT2D eigenvalue weighted by Gasteiger charge is 2.56. The van der Waals surface area contributed by atoms with Crippen LogP contribution in [0.2, 0.25) is 0 Å². The number of aliphatic hydroxyl groups is 1. The number of nitrogens with zero attached hydrogens (tertiary/aromatic N) is 1. The summed E-state index contributed by atoms with van der Waals surface area (Å²) >= 11 is 0. The van der Waals surface area contributed by atoms with Gasteiger partial charge in [-0.1, -0.05) is 19.1 Å². The number of hydrogen-bond acceptors (Lipinski definition) is 6. The lowest BCUT2D eigenvalue weighted by Gasteiger charge is -2.32. The Balaban J connectivity index is 1.88. The first-order valence-electron chi connectivity index (χ1n) is 11.6. The van der Waals surface area contributed by atoms with E-state index in [9.17, 15) is 14.4 Å². The molecule has 0 radical (unpaired) electrons. The summed E-state index contributed by atoms with van der Waals surface area (Å²) in [4.78, 5) is 41.4. The van der Waals surface area contributed by atoms with Gasteiger partial charge in [-0.05, 0) is 56.4 Å². The third kappa shape index (κ3) is 5.38. The summed E-state index contributed by atoms with van der Waals surface area (Å²) in [5, 5.41) is 12.0. The number of allylic oxidation sites excluding steroid dienone is 1. The Morgan fingerprint density at radius 2 is 1.85 bits per heavy atom. The average molecular weight is 459 g/mol. The maximum absolute atomic E-state index is 13.6. The van der Waals surface area contributed by atoms with Crippen LogP contribution in [-0.2, 0) is 19.1 Å². The van der Waals surface area contributed by atoms with E-state index < -0.39 is 29.8 Å². The average Bonchev–Trinajstić information content (AvgIpc) is 3.09. The Labute approximate surface area is 194 Å². The Hall–Kier alpha value is -2.87. The number of amides is 2. The lowest BCUT2D eigenvalue weighted by atomic mass is 9.70. The van der Waals surface area contributed by atoms with Crippen molar-refractivity contribution in [2.24, 2.45) is 23.7 Å². The van der Waals surface area contributed by atoms with Crippen molar-refractivity contribution in [2.75, 3.05) is 32.2 Å². The molecule has 0 unspecified atom stereocenters. The number of fused-ring (bicyclic) bond motifs is 1. The van der Waals surface area contributed by atoms with E-state index in [1.54, 1.807) is 43.2 Å². The summed E-state index contributed by atoms with van der Waals surface area (Å²) in [7, 11) is 1.57. The molecular formula is C25H34N2O6. The summed E-state index contributed by atoms with van der Waals surface area (Å²) < 4.78 is 10.5. The molecule has 33 heavy (non-hydrogen) atoms. The summed E-state index contributed by atoms with van der Waals surface area (Å²) in [6.45, 7) is 4.37. The second-order valence-corrected chi connectivity index (χ2v) is 8.60. The van der Waals surface area contributed by atoms with Gasteiger partial charge in [0.15, 0.2) is 0 Å². The van der Waals surface area contributed by atoms with E-state index in [2.05, 4.69) is 5.32 Å². The zero-order valence-corrected chi connectivity index (χ0v) is 19.5. The van der Waals surface area contributed by atoms with Crippen molar-refractivity contribution >= 4 is 23.5 Å². The van der Waals surface area contributed by atoms with Gasteiger partial charge in [-0.15, -0.1) is 0 Å². The molecule has 180 valence electrons. The molecular weight excluding hydrogens is 424 g/mol. The van der Waals surface area contributed by atoms with Crippen LogP contribution in [0.3, 0.4) is 0 Å². The van der Waals surface area contributed by atoms with E-state index in [1.807, 2.05) is 19.1 Å². The van der Waals surface area contributed by atoms with Gasteiger partial charge in [0.2, 0.25) is 11.8 Å². The number of anilines is 1. The molecule has 3 rings (SSSR count). The van der Waals surface area contributed by atoms with Crippen LogP contribution < -0.4 is 10.1 Å². The predicted octanol–water partition coefficient (Wildman–Crippen LogP) is 2.62. The fourth-order valence-electron chi connectivity index (χ4n) is 4.89. The minimum absolute atomic E-state index is 0.0891. The van der Waals surface area contributed by atoms with Crippen molar-refractivity contribution in [3.63, 3.8) is 0 Å². The first-order valence-corrected chi connectivity index (χ1v) is 11.6. The number of aliphatic hydroxyl groups excluding tert-OH is 1. The third-order valence-electron chi connectivity index (χ3n) is 6.52. The number of benzene rings is 1. The summed E-state index contributed by atoms with van der Waals surface area (Å²) in [5.74, 6) is -2.02. The molecule has 8 nitrogen and oxygen atoms in total. The largest absolute Gasteiger partial charge is 0.497 e. The lowest BCUT2D eigenvalue weighted by Crippen LogP contribution is -2.44. The van der Waals surface area contributed by atoms with Crippen LogP contribution in [0.25, 0.3) is 0 Å². The minimum Gasteiger partial charge on any atom is -0.497 e. The second kappa shape index (κ2) is 11.3.